The summed E-state index contributed by atoms with van der Waals surface area (Å²) in [4.78, 5) is 36.6. The summed E-state index contributed by atoms with van der Waals surface area (Å²) in [6.45, 7) is 20.1. The topological polar surface area (TPSA) is 104 Å². The Bertz CT molecular complexity index is 1810. The highest BCUT2D eigenvalue weighted by Gasteiger charge is 2.70. The number of hydrogen-bond donors (Lipinski definition) is 3. The highest BCUT2D eigenvalue weighted by molar-refractivity contribution is 5.97. The van der Waals surface area contributed by atoms with Crippen LogP contribution in [0.1, 0.15) is 136 Å². The highest BCUT2D eigenvalue weighted by Crippen LogP contribution is 2.77. The van der Waals surface area contributed by atoms with Crippen LogP contribution in [0.2, 0.25) is 0 Å². The minimum Gasteiger partial charge on any atom is -0.478 e. The molecule has 2 aromatic carbocycles. The summed E-state index contributed by atoms with van der Waals surface area (Å²) in [5, 5.41) is 22.3. The first-order chi connectivity index (χ1) is 24.0. The van der Waals surface area contributed by atoms with Gasteiger partial charge in [-0.15, -0.1) is 0 Å². The van der Waals surface area contributed by atoms with Crippen LogP contribution < -0.4 is 5.32 Å². The number of rotatable bonds is 7. The molecule has 7 rings (SSSR count). The number of hydrogen-bond acceptors (Lipinski definition) is 3. The quantitative estimate of drug-likeness (QED) is 0.251. The van der Waals surface area contributed by atoms with Gasteiger partial charge in [0.25, 0.3) is 5.91 Å². The lowest BCUT2D eigenvalue weighted by Gasteiger charge is -2.72. The van der Waals surface area contributed by atoms with Gasteiger partial charge in [-0.05, 0) is 163 Å². The molecule has 0 radical (unpaired) electrons. The van der Waals surface area contributed by atoms with Crippen molar-refractivity contribution in [2.75, 3.05) is 6.54 Å². The summed E-state index contributed by atoms with van der Waals surface area (Å²) in [6, 6.07) is 13.9. The smallest absolute Gasteiger partial charge is 0.335 e. The van der Waals surface area contributed by atoms with Gasteiger partial charge in [-0.25, -0.2) is 9.59 Å². The summed E-state index contributed by atoms with van der Waals surface area (Å²) in [5.41, 5.74) is 5.17. The van der Waals surface area contributed by atoms with Crippen LogP contribution in [0.3, 0.4) is 0 Å². The Hall–Kier alpha value is -3.67. The van der Waals surface area contributed by atoms with Crippen LogP contribution in [0.5, 0.6) is 0 Å². The molecule has 6 nitrogen and oxygen atoms in total. The molecule has 0 spiro atoms. The van der Waals surface area contributed by atoms with Crippen molar-refractivity contribution in [3.63, 3.8) is 0 Å². The summed E-state index contributed by atoms with van der Waals surface area (Å²) in [6.07, 6.45) is 12.8. The minimum atomic E-state index is -1.03. The zero-order valence-electron chi connectivity index (χ0n) is 31.5. The fourth-order valence-corrected chi connectivity index (χ4v) is 13.6. The first kappa shape index (κ1) is 35.7. The second-order valence-electron chi connectivity index (χ2n) is 18.5. The van der Waals surface area contributed by atoms with E-state index in [4.69, 9.17) is 0 Å². The van der Waals surface area contributed by atoms with Crippen LogP contribution in [-0.4, -0.2) is 34.6 Å². The van der Waals surface area contributed by atoms with Crippen molar-refractivity contribution in [3.05, 3.63) is 89.0 Å². The molecule has 1 amide bonds. The maximum atomic E-state index is 13.5. The summed E-state index contributed by atoms with van der Waals surface area (Å²) in [7, 11) is 0. The van der Waals surface area contributed by atoms with E-state index in [0.717, 1.165) is 37.7 Å². The summed E-state index contributed by atoms with van der Waals surface area (Å²) >= 11 is 0. The van der Waals surface area contributed by atoms with Crippen molar-refractivity contribution in [1.29, 1.82) is 0 Å². The molecule has 2 aromatic rings. The Morgan fingerprint density at radius 2 is 1.47 bits per heavy atom. The Morgan fingerprint density at radius 3 is 2.14 bits per heavy atom. The van der Waals surface area contributed by atoms with E-state index in [2.05, 4.69) is 59.5 Å². The van der Waals surface area contributed by atoms with Gasteiger partial charge in [-0.3, -0.25) is 4.79 Å². The maximum absolute atomic E-state index is 13.5. The SMILES string of the molecule is C=C(C)[C@@H]1CC[C@]2(CNC(=O)c3cccc(C(=O)O)c3)CC[C@]3(C)[C@H](CC[C@@H]4[C@@]5(C)CC=C(c6ccc(C(=O)O)cc6)C(C)(C)[C@@H]5CC[C@]43C)[C@@H]12. The van der Waals surface area contributed by atoms with Gasteiger partial charge >= 0.3 is 11.9 Å². The number of fused-ring (bicyclic) bond motifs is 7. The highest BCUT2D eigenvalue weighted by atomic mass is 16.4. The zero-order valence-corrected chi connectivity index (χ0v) is 31.5. The average molecular weight is 692 g/mol. The molecule has 5 aliphatic carbocycles. The van der Waals surface area contributed by atoms with Crippen molar-refractivity contribution in [1.82, 2.24) is 5.32 Å². The lowest BCUT2D eigenvalue weighted by atomic mass is 9.32. The molecule has 0 bridgehead atoms. The molecule has 3 N–H and O–H groups in total. The monoisotopic (exact) mass is 691 g/mol. The molecule has 51 heavy (non-hydrogen) atoms. The Labute approximate surface area is 304 Å². The van der Waals surface area contributed by atoms with Crippen molar-refractivity contribution in [3.8, 4) is 0 Å². The van der Waals surface area contributed by atoms with E-state index in [0.29, 0.717) is 47.3 Å². The lowest BCUT2D eigenvalue weighted by molar-refractivity contribution is -0.224. The second-order valence-corrected chi connectivity index (χ2v) is 18.5. The Balaban J connectivity index is 1.18. The molecule has 0 heterocycles. The van der Waals surface area contributed by atoms with Gasteiger partial charge in [0.2, 0.25) is 0 Å². The molecular formula is C45H57NO5. The third-order valence-corrected chi connectivity index (χ3v) is 16.2. The third-order valence-electron chi connectivity index (χ3n) is 16.2. The molecular weight excluding hydrogens is 634 g/mol. The predicted octanol–water partition coefficient (Wildman–Crippen LogP) is 10.2. The first-order valence-electron chi connectivity index (χ1n) is 19.3. The van der Waals surface area contributed by atoms with E-state index < -0.39 is 11.9 Å². The van der Waals surface area contributed by atoms with E-state index in [9.17, 15) is 24.6 Å². The molecule has 272 valence electrons. The Morgan fingerprint density at radius 1 is 0.784 bits per heavy atom. The van der Waals surface area contributed by atoms with Gasteiger partial charge in [0.1, 0.15) is 0 Å². The van der Waals surface area contributed by atoms with Crippen molar-refractivity contribution >= 4 is 23.4 Å². The predicted molar refractivity (Wildman–Crippen MR) is 201 cm³/mol. The number of benzene rings is 2. The fourth-order valence-electron chi connectivity index (χ4n) is 13.6. The van der Waals surface area contributed by atoms with Crippen molar-refractivity contribution < 1.29 is 24.6 Å². The van der Waals surface area contributed by atoms with Crippen molar-refractivity contribution in [2.24, 2.45) is 56.7 Å². The van der Waals surface area contributed by atoms with Gasteiger partial charge in [-0.2, -0.15) is 0 Å². The number of nitrogens with one attached hydrogen (secondary N) is 1. The van der Waals surface area contributed by atoms with Crippen LogP contribution >= 0.6 is 0 Å². The summed E-state index contributed by atoms with van der Waals surface area (Å²) in [5.74, 6) is 0.505. The molecule has 5 aliphatic rings. The van der Waals surface area contributed by atoms with E-state index in [-0.39, 0.29) is 38.5 Å². The van der Waals surface area contributed by atoms with Crippen LogP contribution in [0.15, 0.2) is 66.8 Å². The fraction of sp³-hybridized carbons (Fsp3) is 0.578. The normalized spacial score (nSPS) is 37.8. The number of carbonyl (C=O) groups is 3. The van der Waals surface area contributed by atoms with E-state index in [1.54, 1.807) is 24.3 Å². The van der Waals surface area contributed by atoms with Crippen LogP contribution in [-0.2, 0) is 0 Å². The molecule has 0 aliphatic heterocycles. The lowest BCUT2D eigenvalue weighted by Crippen LogP contribution is -2.66. The molecule has 9 atom stereocenters. The van der Waals surface area contributed by atoms with Gasteiger partial charge in [0.15, 0.2) is 0 Å². The van der Waals surface area contributed by atoms with Gasteiger partial charge < -0.3 is 15.5 Å². The molecule has 0 unspecified atom stereocenters. The number of carboxylic acid groups (broad SMARTS) is 2. The third kappa shape index (κ3) is 5.28. The first-order valence-corrected chi connectivity index (χ1v) is 19.3. The number of aromatic carboxylic acids is 2. The molecule has 4 saturated carbocycles. The Kier molecular flexibility index (Phi) is 8.55. The second kappa shape index (κ2) is 12.2. The maximum Gasteiger partial charge on any atom is 0.335 e. The standard InChI is InChI=1S/C45H57NO5/c1-27(2)32-17-22-45(26-46-38(47)30-9-8-10-31(25-30)40(50)51)24-23-43(6)34(37(32)45)15-16-36-42(5)20-18-33(28-11-13-29(14-12-28)39(48)49)41(3,4)35(42)19-21-44(36,43)7/h8-14,18,25,32,34-37H,1,15-17,19-24,26H2,2-7H3,(H,46,47)(H,48,49)(H,50,51)/t32-,34+,35-,36+,37+,42-,43+,44+,45+/m0/s1. The average Bonchev–Trinajstić information content (AvgIpc) is 3.48. The van der Waals surface area contributed by atoms with E-state index in [1.807, 2.05) is 12.1 Å². The largest absolute Gasteiger partial charge is 0.478 e. The molecule has 4 fully saturated rings. The molecule has 0 aromatic heterocycles. The van der Waals surface area contributed by atoms with Gasteiger partial charge in [0.05, 0.1) is 11.1 Å². The molecule has 0 saturated heterocycles. The van der Waals surface area contributed by atoms with Crippen LogP contribution in [0, 0.1) is 56.7 Å². The number of allylic oxidation sites excluding steroid dienone is 3. The zero-order chi connectivity index (χ0) is 36.7. The molecule has 6 heteroatoms. The van der Waals surface area contributed by atoms with Crippen molar-refractivity contribution in [2.45, 2.75) is 99.3 Å². The summed E-state index contributed by atoms with van der Waals surface area (Å²) < 4.78 is 0. The number of carboxylic acids is 2. The number of carbonyl (C=O) groups excluding carboxylic acids is 1. The minimum absolute atomic E-state index is 0.0127. The van der Waals surface area contributed by atoms with E-state index >= 15 is 0 Å². The van der Waals surface area contributed by atoms with Crippen LogP contribution in [0.25, 0.3) is 5.57 Å². The van der Waals surface area contributed by atoms with E-state index in [1.165, 1.54) is 49.0 Å². The number of amides is 1. The van der Waals surface area contributed by atoms with Gasteiger partial charge in [-0.1, -0.05) is 71.0 Å². The van der Waals surface area contributed by atoms with Gasteiger partial charge in [0, 0.05) is 12.1 Å². The van der Waals surface area contributed by atoms with Crippen LogP contribution in [0.4, 0.5) is 0 Å².